The highest BCUT2D eigenvalue weighted by atomic mass is 16.3. The van der Waals surface area contributed by atoms with E-state index in [1.54, 1.807) is 0 Å². The van der Waals surface area contributed by atoms with E-state index in [4.69, 9.17) is 0 Å². The lowest BCUT2D eigenvalue weighted by molar-refractivity contribution is -0.123. The Balaban J connectivity index is 1.59. The average molecular weight is 380 g/mol. The molecule has 0 bridgehead atoms. The van der Waals surface area contributed by atoms with Crippen LogP contribution in [0.25, 0.3) is 11.3 Å². The number of carbonyl (C=O) groups excluding carboxylic acids is 1. The Kier molecular flexibility index (Phi) is 5.98. The van der Waals surface area contributed by atoms with Crippen LogP contribution < -0.4 is 10.2 Å². The number of hydrogen-bond acceptors (Lipinski definition) is 5. The van der Waals surface area contributed by atoms with Gasteiger partial charge in [-0.15, -0.1) is 10.2 Å². The van der Waals surface area contributed by atoms with Crippen molar-refractivity contribution in [3.63, 3.8) is 0 Å². The number of aliphatic hydroxyl groups excluding tert-OH is 1. The number of nitrogens with one attached hydrogen (secondary N) is 1. The molecule has 2 aromatic rings. The van der Waals surface area contributed by atoms with Crippen LogP contribution in [0.4, 0.5) is 5.82 Å². The van der Waals surface area contributed by atoms with Crippen LogP contribution in [0.5, 0.6) is 0 Å². The minimum atomic E-state index is -0.254. The standard InChI is InChI=1S/C22H28N4O2/c27-19-10-8-18(9-11-19)26(22(28)17-7-4-14-23-15-17)21-13-12-20(24-25-21)16-5-2-1-3-6-16/h1-3,5-6,12-13,17-19,23,27H,4,7-11,14-15H2/t17-,18?,19?/m0/s1. The van der Waals surface area contributed by atoms with Gasteiger partial charge in [0.05, 0.1) is 17.7 Å². The summed E-state index contributed by atoms with van der Waals surface area (Å²) in [6.45, 7) is 1.70. The fraction of sp³-hybridized carbons (Fsp3) is 0.500. The Morgan fingerprint density at radius 3 is 2.43 bits per heavy atom. The van der Waals surface area contributed by atoms with Crippen molar-refractivity contribution in [2.24, 2.45) is 5.92 Å². The van der Waals surface area contributed by atoms with E-state index >= 15 is 0 Å². The largest absolute Gasteiger partial charge is 0.393 e. The lowest BCUT2D eigenvalue weighted by Gasteiger charge is -2.37. The highest BCUT2D eigenvalue weighted by Crippen LogP contribution is 2.29. The van der Waals surface area contributed by atoms with Crippen molar-refractivity contribution in [3.05, 3.63) is 42.5 Å². The van der Waals surface area contributed by atoms with Gasteiger partial charge in [-0.25, -0.2) is 0 Å². The smallest absolute Gasteiger partial charge is 0.232 e. The second-order valence-electron chi connectivity index (χ2n) is 7.86. The lowest BCUT2D eigenvalue weighted by Crippen LogP contribution is -2.49. The molecule has 1 aromatic carbocycles. The number of carbonyl (C=O) groups is 1. The molecule has 6 nitrogen and oxygen atoms in total. The minimum absolute atomic E-state index is 0.0174. The molecule has 2 N–H and O–H groups in total. The number of nitrogens with zero attached hydrogens (tertiary/aromatic N) is 3. The Bertz CT molecular complexity index is 767. The van der Waals surface area contributed by atoms with Crippen molar-refractivity contribution in [1.29, 1.82) is 0 Å². The number of amides is 1. The number of rotatable bonds is 4. The van der Waals surface area contributed by atoms with E-state index in [0.717, 1.165) is 62.9 Å². The molecule has 6 heteroatoms. The summed E-state index contributed by atoms with van der Waals surface area (Å²) in [5.41, 5.74) is 1.81. The van der Waals surface area contributed by atoms with Crippen LogP contribution in [0.3, 0.4) is 0 Å². The second kappa shape index (κ2) is 8.80. The van der Waals surface area contributed by atoms with Gasteiger partial charge < -0.3 is 10.4 Å². The maximum atomic E-state index is 13.4. The predicted octanol–water partition coefficient (Wildman–Crippen LogP) is 2.78. The van der Waals surface area contributed by atoms with Crippen molar-refractivity contribution in [2.75, 3.05) is 18.0 Å². The van der Waals surface area contributed by atoms with Gasteiger partial charge >= 0.3 is 0 Å². The van der Waals surface area contributed by atoms with E-state index < -0.39 is 0 Å². The number of aromatic nitrogens is 2. The van der Waals surface area contributed by atoms with Gasteiger partial charge in [0, 0.05) is 18.2 Å². The molecule has 2 aliphatic rings. The van der Waals surface area contributed by atoms with Crippen LogP contribution in [0.2, 0.25) is 0 Å². The third-order valence-electron chi connectivity index (χ3n) is 5.88. The van der Waals surface area contributed by atoms with Crippen LogP contribution in [0.15, 0.2) is 42.5 Å². The van der Waals surface area contributed by atoms with Crippen molar-refractivity contribution in [3.8, 4) is 11.3 Å². The van der Waals surface area contributed by atoms with Gasteiger partial charge in [-0.2, -0.15) is 0 Å². The van der Waals surface area contributed by atoms with Crippen LogP contribution in [-0.4, -0.2) is 46.4 Å². The summed E-state index contributed by atoms with van der Waals surface area (Å²) in [7, 11) is 0. The topological polar surface area (TPSA) is 78.4 Å². The summed E-state index contributed by atoms with van der Waals surface area (Å²) in [6.07, 6.45) is 4.74. The van der Waals surface area contributed by atoms with E-state index in [-0.39, 0.29) is 24.0 Å². The first-order valence-corrected chi connectivity index (χ1v) is 10.3. The molecule has 1 aliphatic heterocycles. The number of benzene rings is 1. The van der Waals surface area contributed by atoms with Gasteiger partial charge in [0.15, 0.2) is 5.82 Å². The third-order valence-corrected chi connectivity index (χ3v) is 5.88. The molecule has 1 amide bonds. The first-order chi connectivity index (χ1) is 13.7. The quantitative estimate of drug-likeness (QED) is 0.853. The number of piperidine rings is 1. The van der Waals surface area contributed by atoms with Crippen molar-refractivity contribution < 1.29 is 9.90 Å². The zero-order chi connectivity index (χ0) is 19.3. The van der Waals surface area contributed by atoms with Gasteiger partial charge in [-0.1, -0.05) is 30.3 Å². The number of hydrogen-bond donors (Lipinski definition) is 2. The third kappa shape index (κ3) is 4.23. The first kappa shape index (κ1) is 19.0. The lowest BCUT2D eigenvalue weighted by atomic mass is 9.90. The molecule has 0 unspecified atom stereocenters. The minimum Gasteiger partial charge on any atom is -0.393 e. The first-order valence-electron chi connectivity index (χ1n) is 10.3. The Hall–Kier alpha value is -2.31. The van der Waals surface area contributed by atoms with Crippen LogP contribution in [0.1, 0.15) is 38.5 Å². The second-order valence-corrected chi connectivity index (χ2v) is 7.86. The van der Waals surface area contributed by atoms with Gasteiger partial charge in [-0.3, -0.25) is 9.69 Å². The van der Waals surface area contributed by atoms with Crippen molar-refractivity contribution >= 4 is 11.7 Å². The molecular weight excluding hydrogens is 352 g/mol. The van der Waals surface area contributed by atoms with Gasteiger partial charge in [0.25, 0.3) is 0 Å². The van der Waals surface area contributed by atoms with Crippen LogP contribution in [-0.2, 0) is 4.79 Å². The summed E-state index contributed by atoms with van der Waals surface area (Å²) in [4.78, 5) is 15.3. The van der Waals surface area contributed by atoms with E-state index in [9.17, 15) is 9.90 Å². The molecule has 0 spiro atoms. The van der Waals surface area contributed by atoms with Crippen molar-refractivity contribution in [1.82, 2.24) is 15.5 Å². The van der Waals surface area contributed by atoms with Gasteiger partial charge in [-0.05, 0) is 57.2 Å². The highest BCUT2D eigenvalue weighted by molar-refractivity contribution is 5.95. The summed E-state index contributed by atoms with van der Waals surface area (Å²) in [6, 6.07) is 13.9. The molecule has 2 fully saturated rings. The maximum Gasteiger partial charge on any atom is 0.232 e. The van der Waals surface area contributed by atoms with Gasteiger partial charge in [0.1, 0.15) is 0 Å². The van der Waals surface area contributed by atoms with Crippen molar-refractivity contribution in [2.45, 2.75) is 50.7 Å². The molecule has 0 radical (unpaired) electrons. The normalized spacial score (nSPS) is 25.2. The maximum absolute atomic E-state index is 13.4. The van der Waals surface area contributed by atoms with Crippen LogP contribution in [0, 0.1) is 5.92 Å². The zero-order valence-electron chi connectivity index (χ0n) is 16.1. The highest BCUT2D eigenvalue weighted by Gasteiger charge is 2.34. The summed E-state index contributed by atoms with van der Waals surface area (Å²) in [5.74, 6) is 0.739. The van der Waals surface area contributed by atoms with Crippen LogP contribution >= 0.6 is 0 Å². The molecular formula is C22H28N4O2. The molecule has 148 valence electrons. The predicted molar refractivity (Wildman–Crippen MR) is 109 cm³/mol. The Morgan fingerprint density at radius 2 is 1.79 bits per heavy atom. The average Bonchev–Trinajstić information content (AvgIpc) is 2.77. The molecule has 1 aliphatic carbocycles. The molecule has 28 heavy (non-hydrogen) atoms. The number of aliphatic hydroxyl groups is 1. The summed E-state index contributed by atoms with van der Waals surface area (Å²) in [5, 5.41) is 22.1. The van der Waals surface area contributed by atoms with Gasteiger partial charge in [0.2, 0.25) is 5.91 Å². The molecule has 1 saturated heterocycles. The van der Waals surface area contributed by atoms with E-state index in [0.29, 0.717) is 5.82 Å². The van der Waals surface area contributed by atoms with E-state index in [2.05, 4.69) is 15.5 Å². The molecule has 1 saturated carbocycles. The van der Waals surface area contributed by atoms with E-state index in [1.165, 1.54) is 0 Å². The zero-order valence-corrected chi connectivity index (χ0v) is 16.1. The SMILES string of the molecule is O=C([C@H]1CCCNC1)N(c1ccc(-c2ccccc2)nn1)C1CCC(O)CC1. The molecule has 2 heterocycles. The summed E-state index contributed by atoms with van der Waals surface area (Å²) < 4.78 is 0. The summed E-state index contributed by atoms with van der Waals surface area (Å²) >= 11 is 0. The fourth-order valence-electron chi connectivity index (χ4n) is 4.27. The fourth-order valence-corrected chi connectivity index (χ4v) is 4.27. The molecule has 1 atom stereocenters. The monoisotopic (exact) mass is 380 g/mol. The molecule has 4 rings (SSSR count). The molecule has 1 aromatic heterocycles. The van der Waals surface area contributed by atoms with E-state index in [1.807, 2.05) is 47.4 Å². The Labute approximate surface area is 166 Å². The number of anilines is 1. The Morgan fingerprint density at radius 1 is 1.00 bits per heavy atom.